The van der Waals surface area contributed by atoms with Gasteiger partial charge in [0, 0.05) is 5.54 Å². The van der Waals surface area contributed by atoms with Gasteiger partial charge in [-0.3, -0.25) is 0 Å². The molecule has 1 unspecified atom stereocenters. The quantitative estimate of drug-likeness (QED) is 0.686. The molecule has 0 aliphatic rings. The van der Waals surface area contributed by atoms with Gasteiger partial charge in [0.2, 0.25) is 0 Å². The van der Waals surface area contributed by atoms with Crippen molar-refractivity contribution in [1.29, 1.82) is 0 Å². The minimum absolute atomic E-state index is 0.219. The summed E-state index contributed by atoms with van der Waals surface area (Å²) in [6, 6.07) is -1.28. The van der Waals surface area contributed by atoms with Gasteiger partial charge in [0.25, 0.3) is 0 Å². The van der Waals surface area contributed by atoms with E-state index in [1.54, 1.807) is 0 Å². The van der Waals surface area contributed by atoms with Crippen LogP contribution in [-0.4, -0.2) is 28.7 Å². The maximum Gasteiger partial charge on any atom is 0.326 e. The fourth-order valence-corrected chi connectivity index (χ4v) is 1.23. The number of carboxylic acids is 1. The Morgan fingerprint density at radius 3 is 2.06 bits per heavy atom. The van der Waals surface area contributed by atoms with Gasteiger partial charge in [-0.1, -0.05) is 13.8 Å². The van der Waals surface area contributed by atoms with E-state index in [9.17, 15) is 9.59 Å². The maximum atomic E-state index is 11.5. The molecule has 0 fully saturated rings. The van der Waals surface area contributed by atoms with Gasteiger partial charge in [-0.25, -0.2) is 9.59 Å². The van der Waals surface area contributed by atoms with Gasteiger partial charge in [-0.15, -0.1) is 0 Å². The summed E-state index contributed by atoms with van der Waals surface area (Å²) < 4.78 is 0. The van der Waals surface area contributed by atoms with Crippen LogP contribution >= 0.6 is 0 Å². The Balaban J connectivity index is 4.30. The molecular weight excluding hydrogens is 208 g/mol. The standard InChI is InChI=1S/C11H22N2O3/c1-7(2)6-8(9(14)15)12-10(16)13-11(3,4)5/h7-8H,6H2,1-5H3,(H,14,15)(H2,12,13,16). The molecule has 0 saturated heterocycles. The Kier molecular flexibility index (Phi) is 5.27. The van der Waals surface area contributed by atoms with Crippen LogP contribution in [0.2, 0.25) is 0 Å². The van der Waals surface area contributed by atoms with Crippen LogP contribution in [0.25, 0.3) is 0 Å². The third-order valence-electron chi connectivity index (χ3n) is 1.80. The van der Waals surface area contributed by atoms with Crippen molar-refractivity contribution in [3.05, 3.63) is 0 Å². The van der Waals surface area contributed by atoms with E-state index in [-0.39, 0.29) is 11.5 Å². The van der Waals surface area contributed by atoms with E-state index >= 15 is 0 Å². The van der Waals surface area contributed by atoms with Gasteiger partial charge in [0.05, 0.1) is 0 Å². The molecule has 5 heteroatoms. The second kappa shape index (κ2) is 5.72. The lowest BCUT2D eigenvalue weighted by atomic mass is 10.0. The number of amides is 2. The van der Waals surface area contributed by atoms with Crippen molar-refractivity contribution < 1.29 is 14.7 Å². The fourth-order valence-electron chi connectivity index (χ4n) is 1.23. The van der Waals surface area contributed by atoms with E-state index in [2.05, 4.69) is 10.6 Å². The number of rotatable bonds is 4. The lowest BCUT2D eigenvalue weighted by Gasteiger charge is -2.23. The van der Waals surface area contributed by atoms with Crippen molar-refractivity contribution in [2.24, 2.45) is 5.92 Å². The van der Waals surface area contributed by atoms with Crippen LogP contribution < -0.4 is 10.6 Å². The number of aliphatic carboxylic acids is 1. The number of hydrogen-bond acceptors (Lipinski definition) is 2. The normalized spacial score (nSPS) is 13.4. The van der Waals surface area contributed by atoms with E-state index in [1.807, 2.05) is 34.6 Å². The van der Waals surface area contributed by atoms with Crippen molar-refractivity contribution >= 4 is 12.0 Å². The van der Waals surface area contributed by atoms with Crippen LogP contribution in [0.5, 0.6) is 0 Å². The van der Waals surface area contributed by atoms with Gasteiger partial charge >= 0.3 is 12.0 Å². The number of nitrogens with one attached hydrogen (secondary N) is 2. The molecule has 94 valence electrons. The minimum Gasteiger partial charge on any atom is -0.480 e. The highest BCUT2D eigenvalue weighted by molar-refractivity contribution is 5.82. The third-order valence-corrected chi connectivity index (χ3v) is 1.80. The molecule has 0 aromatic carbocycles. The van der Waals surface area contributed by atoms with E-state index in [4.69, 9.17) is 5.11 Å². The zero-order valence-corrected chi connectivity index (χ0v) is 10.6. The van der Waals surface area contributed by atoms with E-state index < -0.39 is 18.0 Å². The highest BCUT2D eigenvalue weighted by Gasteiger charge is 2.22. The van der Waals surface area contributed by atoms with E-state index in [0.717, 1.165) is 0 Å². The first-order valence-corrected chi connectivity index (χ1v) is 5.43. The molecule has 0 saturated carbocycles. The van der Waals surface area contributed by atoms with Crippen LogP contribution in [0.3, 0.4) is 0 Å². The highest BCUT2D eigenvalue weighted by atomic mass is 16.4. The molecule has 0 rings (SSSR count). The Morgan fingerprint density at radius 2 is 1.75 bits per heavy atom. The summed E-state index contributed by atoms with van der Waals surface area (Å²) in [6.45, 7) is 9.35. The molecule has 0 aromatic rings. The monoisotopic (exact) mass is 230 g/mol. The predicted molar refractivity (Wildman–Crippen MR) is 62.3 cm³/mol. The zero-order chi connectivity index (χ0) is 12.9. The summed E-state index contributed by atoms with van der Waals surface area (Å²) in [5, 5.41) is 14.0. The minimum atomic E-state index is -1.00. The van der Waals surface area contributed by atoms with Crippen LogP contribution in [-0.2, 0) is 4.79 Å². The molecule has 0 radical (unpaired) electrons. The molecular formula is C11H22N2O3. The molecule has 1 atom stereocenters. The average Bonchev–Trinajstić information content (AvgIpc) is 1.97. The first-order chi connectivity index (χ1) is 7.11. The smallest absolute Gasteiger partial charge is 0.326 e. The van der Waals surface area contributed by atoms with Gasteiger partial charge in [0.1, 0.15) is 6.04 Å². The van der Waals surface area contributed by atoms with Crippen molar-refractivity contribution in [3.8, 4) is 0 Å². The molecule has 0 bridgehead atoms. The van der Waals surface area contributed by atoms with Crippen LogP contribution in [0.15, 0.2) is 0 Å². The Morgan fingerprint density at radius 1 is 1.25 bits per heavy atom. The lowest BCUT2D eigenvalue weighted by Crippen LogP contribution is -2.51. The number of carbonyl (C=O) groups is 2. The molecule has 0 aromatic heterocycles. The second-order valence-corrected chi connectivity index (χ2v) is 5.37. The summed E-state index contributed by atoms with van der Waals surface area (Å²) in [4.78, 5) is 22.4. The first kappa shape index (κ1) is 14.7. The largest absolute Gasteiger partial charge is 0.480 e. The summed E-state index contributed by atoms with van der Waals surface area (Å²) in [5.74, 6) is -0.784. The molecule has 0 spiro atoms. The van der Waals surface area contributed by atoms with Crippen LogP contribution in [0, 0.1) is 5.92 Å². The molecule has 5 nitrogen and oxygen atoms in total. The Bertz CT molecular complexity index is 256. The van der Waals surface area contributed by atoms with Gasteiger partial charge < -0.3 is 15.7 Å². The number of carbonyl (C=O) groups excluding carboxylic acids is 1. The number of carboxylic acid groups (broad SMARTS) is 1. The second-order valence-electron chi connectivity index (χ2n) is 5.37. The zero-order valence-electron chi connectivity index (χ0n) is 10.6. The SMILES string of the molecule is CC(C)CC(NC(=O)NC(C)(C)C)C(=O)O. The van der Waals surface area contributed by atoms with Crippen molar-refractivity contribution in [3.63, 3.8) is 0 Å². The highest BCUT2D eigenvalue weighted by Crippen LogP contribution is 2.05. The molecule has 2 amide bonds. The van der Waals surface area contributed by atoms with Gasteiger partial charge in [-0.2, -0.15) is 0 Å². The Labute approximate surface area is 96.6 Å². The average molecular weight is 230 g/mol. The van der Waals surface area contributed by atoms with E-state index in [1.165, 1.54) is 0 Å². The van der Waals surface area contributed by atoms with Crippen LogP contribution in [0.1, 0.15) is 41.0 Å². The van der Waals surface area contributed by atoms with Crippen molar-refractivity contribution in [2.75, 3.05) is 0 Å². The third kappa shape index (κ3) is 7.09. The fraction of sp³-hybridized carbons (Fsp3) is 0.818. The molecule has 3 N–H and O–H groups in total. The molecule has 16 heavy (non-hydrogen) atoms. The predicted octanol–water partition coefficient (Wildman–Crippen LogP) is 1.58. The summed E-state index contributed by atoms with van der Waals surface area (Å²) in [7, 11) is 0. The van der Waals surface area contributed by atoms with Crippen molar-refractivity contribution in [2.45, 2.75) is 52.6 Å². The lowest BCUT2D eigenvalue weighted by molar-refractivity contribution is -0.139. The first-order valence-electron chi connectivity index (χ1n) is 5.43. The molecule has 0 aliphatic heterocycles. The summed E-state index contributed by atoms with van der Waals surface area (Å²) >= 11 is 0. The molecule has 0 heterocycles. The number of hydrogen-bond donors (Lipinski definition) is 3. The Hall–Kier alpha value is -1.26. The maximum absolute atomic E-state index is 11.5. The van der Waals surface area contributed by atoms with E-state index in [0.29, 0.717) is 6.42 Å². The summed E-state index contributed by atoms with van der Waals surface area (Å²) in [6.07, 6.45) is 0.424. The summed E-state index contributed by atoms with van der Waals surface area (Å²) in [5.41, 5.74) is -0.370. The topological polar surface area (TPSA) is 78.4 Å². The van der Waals surface area contributed by atoms with Crippen molar-refractivity contribution in [1.82, 2.24) is 10.6 Å². The van der Waals surface area contributed by atoms with Gasteiger partial charge in [0.15, 0.2) is 0 Å². The number of urea groups is 1. The molecule has 0 aliphatic carbocycles. The van der Waals surface area contributed by atoms with Gasteiger partial charge in [-0.05, 0) is 33.1 Å². The van der Waals surface area contributed by atoms with Crippen LogP contribution in [0.4, 0.5) is 4.79 Å².